The molecule has 3 amide bonds. The highest BCUT2D eigenvalue weighted by atomic mass is 16.5. The smallest absolute Gasteiger partial charge is 0.312 e. The van der Waals surface area contributed by atoms with Gasteiger partial charge in [0.2, 0.25) is 0 Å². The van der Waals surface area contributed by atoms with Crippen LogP contribution >= 0.6 is 0 Å². The number of amides is 3. The van der Waals surface area contributed by atoms with Gasteiger partial charge in [0.1, 0.15) is 0 Å². The number of urea groups is 1. The summed E-state index contributed by atoms with van der Waals surface area (Å²) in [7, 11) is 0. The third-order valence-corrected chi connectivity index (χ3v) is 2.89. The number of ether oxygens (including phenoxy) is 1. The van der Waals surface area contributed by atoms with Crippen LogP contribution in [0.5, 0.6) is 0 Å². The van der Waals surface area contributed by atoms with Crippen LogP contribution in [0.25, 0.3) is 0 Å². The molecule has 7 nitrogen and oxygen atoms in total. The lowest BCUT2D eigenvalue weighted by atomic mass is 10.1. The number of primary amides is 1. The number of esters is 1. The zero-order valence-corrected chi connectivity index (χ0v) is 12.7. The molecule has 0 unspecified atom stereocenters. The quantitative estimate of drug-likeness (QED) is 0.641. The maximum atomic E-state index is 11.8. The van der Waals surface area contributed by atoms with Crippen LogP contribution in [0.3, 0.4) is 0 Å². The Balaban J connectivity index is 2.30. The first-order valence-corrected chi connectivity index (χ1v) is 6.94. The summed E-state index contributed by atoms with van der Waals surface area (Å²) in [5.74, 6) is -0.955. The number of aryl methyl sites for hydroxylation is 1. The predicted octanol–water partition coefficient (Wildman–Crippen LogP) is 0.601. The Kier molecular flexibility index (Phi) is 6.88. The first kappa shape index (κ1) is 17.5. The highest BCUT2D eigenvalue weighted by Crippen LogP contribution is 2.03. The summed E-state index contributed by atoms with van der Waals surface area (Å²) in [6.07, 6.45) is -0.940. The van der Waals surface area contributed by atoms with Crippen molar-refractivity contribution in [1.29, 1.82) is 0 Å². The summed E-state index contributed by atoms with van der Waals surface area (Å²) in [5, 5.41) is 4.96. The topological polar surface area (TPSA) is 111 Å². The molecule has 0 aliphatic rings. The van der Waals surface area contributed by atoms with Gasteiger partial charge in [-0.3, -0.25) is 9.59 Å². The molecule has 0 radical (unpaired) electrons. The first-order valence-electron chi connectivity index (χ1n) is 6.94. The minimum absolute atomic E-state index is 0.0431. The predicted molar refractivity (Wildman–Crippen MR) is 80.8 cm³/mol. The van der Waals surface area contributed by atoms with Gasteiger partial charge in [-0.15, -0.1) is 0 Å². The van der Waals surface area contributed by atoms with Crippen LogP contribution in [0.4, 0.5) is 4.79 Å². The minimum Gasteiger partial charge on any atom is -0.452 e. The minimum atomic E-state index is -0.897. The van der Waals surface area contributed by atoms with Gasteiger partial charge in [0.05, 0.1) is 6.42 Å². The Morgan fingerprint density at radius 3 is 2.41 bits per heavy atom. The maximum absolute atomic E-state index is 11.8. The molecule has 1 atom stereocenters. The average Bonchev–Trinajstić information content (AvgIpc) is 2.45. The fourth-order valence-electron chi connectivity index (χ4n) is 1.64. The number of carbonyl (C=O) groups is 3. The van der Waals surface area contributed by atoms with Crippen LogP contribution in [0.2, 0.25) is 0 Å². The van der Waals surface area contributed by atoms with E-state index in [1.54, 1.807) is 0 Å². The van der Waals surface area contributed by atoms with E-state index < -0.39 is 18.1 Å². The molecule has 0 saturated heterocycles. The molecule has 0 aliphatic carbocycles. The summed E-state index contributed by atoms with van der Waals surface area (Å²) in [4.78, 5) is 33.7. The van der Waals surface area contributed by atoms with Crippen LogP contribution in [0, 0.1) is 6.92 Å². The van der Waals surface area contributed by atoms with Crippen molar-refractivity contribution in [2.75, 3.05) is 6.54 Å². The fourth-order valence-corrected chi connectivity index (χ4v) is 1.64. The molecule has 1 aromatic carbocycles. The van der Waals surface area contributed by atoms with Gasteiger partial charge in [0.15, 0.2) is 6.10 Å². The highest BCUT2D eigenvalue weighted by molar-refractivity contribution is 5.83. The van der Waals surface area contributed by atoms with E-state index in [0.29, 0.717) is 6.54 Å². The van der Waals surface area contributed by atoms with Crippen molar-refractivity contribution in [1.82, 2.24) is 10.6 Å². The average molecular weight is 307 g/mol. The molecule has 0 heterocycles. The van der Waals surface area contributed by atoms with E-state index in [2.05, 4.69) is 10.6 Å². The van der Waals surface area contributed by atoms with Crippen molar-refractivity contribution in [2.45, 2.75) is 32.9 Å². The van der Waals surface area contributed by atoms with Gasteiger partial charge in [0, 0.05) is 13.1 Å². The van der Waals surface area contributed by atoms with Gasteiger partial charge in [-0.25, -0.2) is 4.79 Å². The zero-order valence-electron chi connectivity index (χ0n) is 12.7. The van der Waals surface area contributed by atoms with Crippen LogP contribution in [0.15, 0.2) is 24.3 Å². The van der Waals surface area contributed by atoms with E-state index in [-0.39, 0.29) is 18.9 Å². The monoisotopic (exact) mass is 307 g/mol. The molecule has 0 saturated carbocycles. The summed E-state index contributed by atoms with van der Waals surface area (Å²) < 4.78 is 4.96. The number of nitrogens with one attached hydrogen (secondary N) is 2. The molecule has 1 rings (SSSR count). The SMILES string of the molecule is Cc1ccc(CNC(=O)[C@@H](C)OC(=O)CCNC(N)=O)cc1. The standard InChI is InChI=1S/C15H21N3O4/c1-10-3-5-12(6-4-10)9-18-14(20)11(2)22-13(19)7-8-17-15(16)21/h3-6,11H,7-9H2,1-2H3,(H,18,20)(H3,16,17,21)/t11-/m1/s1. The summed E-state index contributed by atoms with van der Waals surface area (Å²) in [6, 6.07) is 7.04. The van der Waals surface area contributed by atoms with E-state index in [0.717, 1.165) is 11.1 Å². The molecule has 120 valence electrons. The Morgan fingerprint density at radius 2 is 1.82 bits per heavy atom. The molecule has 0 bridgehead atoms. The molecule has 0 fully saturated rings. The summed E-state index contributed by atoms with van der Waals surface area (Å²) in [5.41, 5.74) is 6.97. The van der Waals surface area contributed by atoms with E-state index >= 15 is 0 Å². The zero-order chi connectivity index (χ0) is 16.5. The van der Waals surface area contributed by atoms with E-state index in [9.17, 15) is 14.4 Å². The Labute approximate surface area is 129 Å². The Hall–Kier alpha value is -2.57. The number of hydrogen-bond acceptors (Lipinski definition) is 4. The van der Waals surface area contributed by atoms with Crippen molar-refractivity contribution in [3.63, 3.8) is 0 Å². The Bertz CT molecular complexity index is 528. The van der Waals surface area contributed by atoms with Crippen LogP contribution in [0.1, 0.15) is 24.5 Å². The van der Waals surface area contributed by atoms with E-state index in [1.807, 2.05) is 31.2 Å². The van der Waals surface area contributed by atoms with Crippen molar-refractivity contribution in [3.05, 3.63) is 35.4 Å². The lowest BCUT2D eigenvalue weighted by Crippen LogP contribution is -2.36. The molecule has 1 aromatic rings. The van der Waals surface area contributed by atoms with Crippen molar-refractivity contribution in [2.24, 2.45) is 5.73 Å². The van der Waals surface area contributed by atoms with Crippen LogP contribution in [-0.2, 0) is 20.9 Å². The Morgan fingerprint density at radius 1 is 1.18 bits per heavy atom. The molecular weight excluding hydrogens is 286 g/mol. The molecule has 4 N–H and O–H groups in total. The third-order valence-electron chi connectivity index (χ3n) is 2.89. The second-order valence-corrected chi connectivity index (χ2v) is 4.88. The van der Waals surface area contributed by atoms with Gasteiger partial charge in [-0.1, -0.05) is 29.8 Å². The number of nitrogens with two attached hydrogens (primary N) is 1. The second kappa shape index (κ2) is 8.66. The fraction of sp³-hybridized carbons (Fsp3) is 0.400. The molecule has 22 heavy (non-hydrogen) atoms. The maximum Gasteiger partial charge on any atom is 0.312 e. The van der Waals surface area contributed by atoms with Gasteiger partial charge in [-0.2, -0.15) is 0 Å². The normalized spacial score (nSPS) is 11.4. The molecule has 7 heteroatoms. The lowest BCUT2D eigenvalue weighted by molar-refractivity contribution is -0.154. The first-order chi connectivity index (χ1) is 10.4. The summed E-state index contributed by atoms with van der Waals surface area (Å²) >= 11 is 0. The van der Waals surface area contributed by atoms with Gasteiger partial charge < -0.3 is 21.1 Å². The number of hydrogen-bond donors (Lipinski definition) is 3. The number of benzene rings is 1. The van der Waals surface area contributed by atoms with Crippen molar-refractivity contribution < 1.29 is 19.1 Å². The highest BCUT2D eigenvalue weighted by Gasteiger charge is 2.17. The molecule has 0 aliphatic heterocycles. The molecule has 0 aromatic heterocycles. The van der Waals surface area contributed by atoms with E-state index in [4.69, 9.17) is 10.5 Å². The second-order valence-electron chi connectivity index (χ2n) is 4.88. The lowest BCUT2D eigenvalue weighted by Gasteiger charge is -2.13. The van der Waals surface area contributed by atoms with Crippen LogP contribution in [-0.4, -0.2) is 30.6 Å². The van der Waals surface area contributed by atoms with E-state index in [1.165, 1.54) is 6.92 Å². The molecule has 0 spiro atoms. The number of carbonyl (C=O) groups excluding carboxylic acids is 3. The molecular formula is C15H21N3O4. The third kappa shape index (κ3) is 6.74. The van der Waals surface area contributed by atoms with Crippen molar-refractivity contribution >= 4 is 17.9 Å². The van der Waals surface area contributed by atoms with Crippen LogP contribution < -0.4 is 16.4 Å². The number of rotatable bonds is 7. The van der Waals surface area contributed by atoms with Gasteiger partial charge >= 0.3 is 12.0 Å². The van der Waals surface area contributed by atoms with Gasteiger partial charge in [0.25, 0.3) is 5.91 Å². The largest absolute Gasteiger partial charge is 0.452 e. The summed E-state index contributed by atoms with van der Waals surface area (Å²) in [6.45, 7) is 3.91. The van der Waals surface area contributed by atoms with Gasteiger partial charge in [-0.05, 0) is 19.4 Å². The van der Waals surface area contributed by atoms with Crippen molar-refractivity contribution in [3.8, 4) is 0 Å².